The fraction of sp³-hybridized carbons (Fsp3) is 0.333. The lowest BCUT2D eigenvalue weighted by Crippen LogP contribution is -2.43. The largest absolute Gasteiger partial charge is 0.493 e. The van der Waals surface area contributed by atoms with E-state index in [-0.39, 0.29) is 23.7 Å². The van der Waals surface area contributed by atoms with Crippen LogP contribution in [-0.4, -0.2) is 32.0 Å². The Labute approximate surface area is 132 Å². The lowest BCUT2D eigenvalue weighted by Gasteiger charge is -2.24. The number of nitro groups is 1. The molecule has 1 atom stereocenters. The number of rotatable bonds is 6. The van der Waals surface area contributed by atoms with Crippen LogP contribution in [0.5, 0.6) is 23.0 Å². The average molecular weight is 325 g/mol. The van der Waals surface area contributed by atoms with Crippen molar-refractivity contribution in [2.75, 3.05) is 21.3 Å². The molecule has 1 unspecified atom stereocenters. The van der Waals surface area contributed by atoms with E-state index in [1.807, 2.05) is 0 Å². The Morgan fingerprint density at radius 3 is 2.22 bits per heavy atom. The summed E-state index contributed by atoms with van der Waals surface area (Å²) in [6, 6.07) is 2.83. The van der Waals surface area contributed by atoms with Crippen LogP contribution in [0, 0.1) is 10.1 Å². The molecule has 124 valence electrons. The van der Waals surface area contributed by atoms with Crippen molar-refractivity contribution >= 4 is 0 Å². The highest BCUT2D eigenvalue weighted by Gasteiger charge is 2.45. The second-order valence-electron chi connectivity index (χ2n) is 4.70. The van der Waals surface area contributed by atoms with Crippen molar-refractivity contribution in [1.29, 1.82) is 0 Å². The number of ether oxygens (including phenoxy) is 4. The summed E-state index contributed by atoms with van der Waals surface area (Å²) in [5.74, 6) is 0.228. The lowest BCUT2D eigenvalue weighted by atomic mass is 10.0. The van der Waals surface area contributed by atoms with E-state index in [1.54, 1.807) is 0 Å². The summed E-state index contributed by atoms with van der Waals surface area (Å²) in [4.78, 5) is 10.7. The summed E-state index contributed by atoms with van der Waals surface area (Å²) >= 11 is 0. The zero-order valence-electron chi connectivity index (χ0n) is 12.9. The molecule has 0 radical (unpaired) electrons. The van der Waals surface area contributed by atoms with Gasteiger partial charge < -0.3 is 18.9 Å². The molecule has 0 saturated heterocycles. The van der Waals surface area contributed by atoms with Crippen molar-refractivity contribution in [3.05, 3.63) is 46.3 Å². The van der Waals surface area contributed by atoms with E-state index in [2.05, 4.69) is 0 Å². The first kappa shape index (κ1) is 16.6. The minimum atomic E-state index is -2.02. The third-order valence-corrected chi connectivity index (χ3v) is 3.29. The molecule has 0 bridgehead atoms. The number of benzene rings is 1. The number of hydrogen-bond donors (Lipinski definition) is 0. The minimum Gasteiger partial charge on any atom is -0.493 e. The second-order valence-corrected chi connectivity index (χ2v) is 4.70. The quantitative estimate of drug-likeness (QED) is 0.454. The van der Waals surface area contributed by atoms with Gasteiger partial charge in [0.2, 0.25) is 5.75 Å². The summed E-state index contributed by atoms with van der Waals surface area (Å²) in [7, 11) is 4.25. The van der Waals surface area contributed by atoms with Crippen LogP contribution in [-0.2, 0) is 0 Å². The molecule has 1 aliphatic rings. The number of hydrogen-bond acceptors (Lipinski definition) is 6. The Hall–Kier alpha value is -2.77. The molecule has 1 aromatic rings. The Balaban J connectivity index is 2.46. The van der Waals surface area contributed by atoms with Gasteiger partial charge in [-0.2, -0.15) is 0 Å². The Morgan fingerprint density at radius 2 is 1.78 bits per heavy atom. The van der Waals surface area contributed by atoms with Gasteiger partial charge in [-0.1, -0.05) is 6.08 Å². The maximum Gasteiger partial charge on any atom is 0.389 e. The van der Waals surface area contributed by atoms with E-state index in [1.165, 1.54) is 39.5 Å². The third kappa shape index (κ3) is 3.20. The first-order valence-corrected chi connectivity index (χ1v) is 6.64. The van der Waals surface area contributed by atoms with Gasteiger partial charge in [0.25, 0.3) is 0 Å². The molecule has 2 rings (SSSR count). The Bertz CT molecular complexity index is 647. The zero-order chi connectivity index (χ0) is 17.0. The van der Waals surface area contributed by atoms with E-state index < -0.39 is 16.5 Å². The van der Waals surface area contributed by atoms with Crippen molar-refractivity contribution in [3.63, 3.8) is 0 Å². The van der Waals surface area contributed by atoms with Crippen LogP contribution in [0.25, 0.3) is 0 Å². The molecular weight excluding hydrogens is 309 g/mol. The summed E-state index contributed by atoms with van der Waals surface area (Å²) in [5, 5.41) is 11.4. The Kier molecular flexibility index (Phi) is 4.73. The van der Waals surface area contributed by atoms with E-state index >= 15 is 0 Å². The van der Waals surface area contributed by atoms with Gasteiger partial charge in [-0.05, 0) is 6.08 Å². The van der Waals surface area contributed by atoms with Gasteiger partial charge in [0, 0.05) is 12.1 Å². The second kappa shape index (κ2) is 6.55. The average Bonchev–Trinajstić information content (AvgIpc) is 2.53. The fourth-order valence-electron chi connectivity index (χ4n) is 2.22. The van der Waals surface area contributed by atoms with Gasteiger partial charge in [0.05, 0.1) is 38.7 Å². The molecule has 0 spiro atoms. The summed E-state index contributed by atoms with van der Waals surface area (Å²) in [6.45, 7) is 0. The molecule has 23 heavy (non-hydrogen) atoms. The molecule has 1 aliphatic carbocycles. The van der Waals surface area contributed by atoms with Gasteiger partial charge in [-0.3, -0.25) is 10.1 Å². The molecule has 0 saturated carbocycles. The van der Waals surface area contributed by atoms with Crippen molar-refractivity contribution < 1.29 is 28.3 Å². The van der Waals surface area contributed by atoms with Crippen LogP contribution in [0.4, 0.5) is 4.39 Å². The van der Waals surface area contributed by atoms with Crippen molar-refractivity contribution in [2.24, 2.45) is 0 Å². The van der Waals surface area contributed by atoms with E-state index in [4.69, 9.17) is 18.9 Å². The predicted molar refractivity (Wildman–Crippen MR) is 79.4 cm³/mol. The van der Waals surface area contributed by atoms with Crippen LogP contribution in [0.1, 0.15) is 6.42 Å². The maximum atomic E-state index is 13.5. The molecule has 7 nitrogen and oxygen atoms in total. The minimum absolute atomic E-state index is 0.0931. The van der Waals surface area contributed by atoms with Gasteiger partial charge in [-0.25, -0.2) is 4.39 Å². The zero-order valence-corrected chi connectivity index (χ0v) is 12.9. The molecule has 0 heterocycles. The van der Waals surface area contributed by atoms with Crippen LogP contribution in [0.15, 0.2) is 36.2 Å². The SMILES string of the molecule is COc1cc(OC2([N+](=O)[O-])C=C(F)C=CC2)cc(OC)c1OC. The topological polar surface area (TPSA) is 80.1 Å². The van der Waals surface area contributed by atoms with Gasteiger partial charge in [-0.15, -0.1) is 0 Å². The smallest absolute Gasteiger partial charge is 0.389 e. The van der Waals surface area contributed by atoms with Gasteiger partial charge in [0.1, 0.15) is 11.6 Å². The number of nitrogens with zero attached hydrogens (tertiary/aromatic N) is 1. The van der Waals surface area contributed by atoms with E-state index in [0.29, 0.717) is 5.75 Å². The highest BCUT2D eigenvalue weighted by Crippen LogP contribution is 2.42. The molecule has 0 amide bonds. The predicted octanol–water partition coefficient (Wildman–Crippen LogP) is 2.88. The summed E-state index contributed by atoms with van der Waals surface area (Å²) in [5.41, 5.74) is -2.02. The highest BCUT2D eigenvalue weighted by molar-refractivity contribution is 5.56. The van der Waals surface area contributed by atoms with Gasteiger partial charge >= 0.3 is 5.72 Å². The van der Waals surface area contributed by atoms with Crippen LogP contribution in [0.3, 0.4) is 0 Å². The number of halogens is 1. The molecular formula is C15H16FNO6. The summed E-state index contributed by atoms with van der Waals surface area (Å²) < 4.78 is 34.4. The maximum absolute atomic E-state index is 13.5. The molecule has 0 fully saturated rings. The van der Waals surface area contributed by atoms with Gasteiger partial charge in [0.15, 0.2) is 11.5 Å². The van der Waals surface area contributed by atoms with Crippen LogP contribution >= 0.6 is 0 Å². The monoisotopic (exact) mass is 325 g/mol. The fourth-order valence-corrected chi connectivity index (χ4v) is 2.22. The van der Waals surface area contributed by atoms with Crippen molar-refractivity contribution in [1.82, 2.24) is 0 Å². The molecule has 1 aromatic carbocycles. The molecule has 0 N–H and O–H groups in total. The standard InChI is InChI=1S/C15H16FNO6/c1-20-12-7-11(8-13(21-2)14(12)22-3)23-15(17(18)19)6-4-5-10(16)9-15/h4-5,7-9H,6H2,1-3H3. The number of allylic oxidation sites excluding steroid dienone is 2. The van der Waals surface area contributed by atoms with E-state index in [9.17, 15) is 14.5 Å². The van der Waals surface area contributed by atoms with Crippen molar-refractivity contribution in [3.8, 4) is 23.0 Å². The molecule has 0 aromatic heterocycles. The van der Waals surface area contributed by atoms with Crippen molar-refractivity contribution in [2.45, 2.75) is 12.1 Å². The summed E-state index contributed by atoms with van der Waals surface area (Å²) in [6.07, 6.45) is 3.22. The lowest BCUT2D eigenvalue weighted by molar-refractivity contribution is -0.599. The first-order valence-electron chi connectivity index (χ1n) is 6.64. The first-order chi connectivity index (χ1) is 11.0. The Morgan fingerprint density at radius 1 is 1.17 bits per heavy atom. The van der Waals surface area contributed by atoms with E-state index in [0.717, 1.165) is 12.2 Å². The van der Waals surface area contributed by atoms with Crippen LogP contribution < -0.4 is 18.9 Å². The van der Waals surface area contributed by atoms with Crippen LogP contribution in [0.2, 0.25) is 0 Å². The third-order valence-electron chi connectivity index (χ3n) is 3.29. The number of methoxy groups -OCH3 is 3. The normalized spacial score (nSPS) is 19.7. The molecule has 8 heteroatoms. The molecule has 0 aliphatic heterocycles. The highest BCUT2D eigenvalue weighted by atomic mass is 19.1.